The monoisotopic (exact) mass is 406 g/mol. The molecule has 7 nitrogen and oxygen atoms in total. The molecule has 0 bridgehead atoms. The fourth-order valence-electron chi connectivity index (χ4n) is 4.08. The molecule has 7 heteroatoms. The molecule has 0 saturated heterocycles. The van der Waals surface area contributed by atoms with Crippen LogP contribution in [-0.4, -0.2) is 28.6 Å². The molecule has 0 unspecified atom stereocenters. The minimum absolute atomic E-state index is 0.0763. The highest BCUT2D eigenvalue weighted by Crippen LogP contribution is 2.40. The third-order valence-electron chi connectivity index (χ3n) is 5.11. The van der Waals surface area contributed by atoms with Gasteiger partial charge in [0.25, 0.3) is 11.6 Å². The predicted molar refractivity (Wildman–Crippen MR) is 120 cm³/mol. The zero-order valence-electron chi connectivity index (χ0n) is 17.8. The highest BCUT2D eigenvalue weighted by atomic mass is 16.6. The topological polar surface area (TPSA) is 87.8 Å². The highest BCUT2D eigenvalue weighted by molar-refractivity contribution is 5.95. The second kappa shape index (κ2) is 8.10. The van der Waals surface area contributed by atoms with Crippen molar-refractivity contribution in [1.29, 1.82) is 0 Å². The predicted octanol–water partition coefficient (Wildman–Crippen LogP) is 4.77. The lowest BCUT2D eigenvalue weighted by Gasteiger charge is -2.46. The first-order valence-corrected chi connectivity index (χ1v) is 9.81. The van der Waals surface area contributed by atoms with E-state index in [1.54, 1.807) is 6.21 Å². The minimum Gasteiger partial charge on any atom is -0.360 e. The molecule has 156 valence electrons. The van der Waals surface area contributed by atoms with Crippen molar-refractivity contribution in [2.45, 2.75) is 46.2 Å². The summed E-state index contributed by atoms with van der Waals surface area (Å²) in [7, 11) is 0. The van der Waals surface area contributed by atoms with Crippen LogP contribution in [0.1, 0.15) is 56.1 Å². The first kappa shape index (κ1) is 21.2. The van der Waals surface area contributed by atoms with Gasteiger partial charge in [0.15, 0.2) is 0 Å². The van der Waals surface area contributed by atoms with E-state index < -0.39 is 10.8 Å². The molecular weight excluding hydrogens is 380 g/mol. The third kappa shape index (κ3) is 4.25. The van der Waals surface area contributed by atoms with E-state index in [4.69, 9.17) is 0 Å². The number of hydrogen-bond acceptors (Lipinski definition) is 5. The summed E-state index contributed by atoms with van der Waals surface area (Å²) >= 11 is 0. The molecule has 1 aliphatic rings. The number of nitro benzene ring substituents is 1. The van der Waals surface area contributed by atoms with E-state index >= 15 is 0 Å². The average molecular weight is 406 g/mol. The molecule has 1 aliphatic heterocycles. The molecule has 0 radical (unpaired) electrons. The van der Waals surface area contributed by atoms with E-state index in [1.165, 1.54) is 35.5 Å². The molecule has 0 atom stereocenters. The molecule has 30 heavy (non-hydrogen) atoms. The average Bonchev–Trinajstić information content (AvgIpc) is 2.67. The zero-order valence-corrected chi connectivity index (χ0v) is 17.8. The number of fused-ring (bicyclic) bond motifs is 1. The largest absolute Gasteiger partial charge is 0.360 e. The van der Waals surface area contributed by atoms with Gasteiger partial charge in [-0.2, -0.15) is 5.10 Å². The van der Waals surface area contributed by atoms with Gasteiger partial charge < -0.3 is 4.90 Å². The first-order valence-electron chi connectivity index (χ1n) is 9.81. The van der Waals surface area contributed by atoms with Crippen molar-refractivity contribution < 1.29 is 9.72 Å². The Morgan fingerprint density at radius 3 is 2.63 bits per heavy atom. The summed E-state index contributed by atoms with van der Waals surface area (Å²) in [6.45, 7) is 10.9. The van der Waals surface area contributed by atoms with Crippen LogP contribution in [0.25, 0.3) is 5.57 Å². The SMILES string of the molecule is CC1=CC(C)(C)N(C(C)C)c2ccc(/C=N\NC(=O)c3cccc([N+](=O)[O-])c3)cc21. The van der Waals surface area contributed by atoms with Crippen molar-refractivity contribution in [3.8, 4) is 0 Å². The molecule has 2 aromatic carbocycles. The Bertz CT molecular complexity index is 1050. The second-order valence-electron chi connectivity index (χ2n) is 8.23. The number of amides is 1. The van der Waals surface area contributed by atoms with E-state index in [0.29, 0.717) is 6.04 Å². The summed E-state index contributed by atoms with van der Waals surface area (Å²) < 4.78 is 0. The van der Waals surface area contributed by atoms with E-state index in [-0.39, 0.29) is 16.8 Å². The van der Waals surface area contributed by atoms with Gasteiger partial charge in [0.05, 0.1) is 16.7 Å². The fraction of sp³-hybridized carbons (Fsp3) is 0.304. The zero-order chi connectivity index (χ0) is 22.1. The van der Waals surface area contributed by atoms with Crippen LogP contribution in [0.3, 0.4) is 0 Å². The van der Waals surface area contributed by atoms with Crippen molar-refractivity contribution in [3.63, 3.8) is 0 Å². The number of nitrogens with one attached hydrogen (secondary N) is 1. The lowest BCUT2D eigenvalue weighted by Crippen LogP contribution is -2.49. The van der Waals surface area contributed by atoms with Crippen LogP contribution in [0.5, 0.6) is 0 Å². The molecular formula is C23H26N4O3. The molecule has 0 spiro atoms. The number of nitro groups is 1. The molecule has 1 amide bonds. The Labute approximate surface area is 176 Å². The van der Waals surface area contributed by atoms with Gasteiger partial charge in [0.2, 0.25) is 0 Å². The van der Waals surface area contributed by atoms with Gasteiger partial charge >= 0.3 is 0 Å². The van der Waals surface area contributed by atoms with E-state index in [1.807, 2.05) is 6.07 Å². The normalized spacial score (nSPS) is 15.1. The summed E-state index contributed by atoms with van der Waals surface area (Å²) in [5.41, 5.74) is 6.75. The quantitative estimate of drug-likeness (QED) is 0.440. The van der Waals surface area contributed by atoms with Crippen molar-refractivity contribution in [3.05, 3.63) is 75.3 Å². The van der Waals surface area contributed by atoms with Crippen LogP contribution in [0, 0.1) is 10.1 Å². The van der Waals surface area contributed by atoms with Crippen molar-refractivity contribution >= 4 is 29.1 Å². The van der Waals surface area contributed by atoms with Gasteiger partial charge in [-0.15, -0.1) is 0 Å². The molecule has 1 N–H and O–H groups in total. The minimum atomic E-state index is -0.537. The molecule has 0 fully saturated rings. The van der Waals surface area contributed by atoms with Crippen molar-refractivity contribution in [2.75, 3.05) is 4.90 Å². The lowest BCUT2D eigenvalue weighted by atomic mass is 9.87. The fourth-order valence-corrected chi connectivity index (χ4v) is 4.08. The van der Waals surface area contributed by atoms with Crippen LogP contribution in [0.15, 0.2) is 53.6 Å². The number of anilines is 1. The standard InChI is InChI=1S/C23H26N4O3/c1-15(2)26-21-10-9-17(11-20(21)16(3)13-23(26,4)5)14-24-25-22(28)18-7-6-8-19(12-18)27(29)30/h6-15H,1-5H3,(H,25,28)/b24-14-. The summed E-state index contributed by atoms with van der Waals surface area (Å²) in [6.07, 6.45) is 3.84. The smallest absolute Gasteiger partial charge is 0.271 e. The van der Waals surface area contributed by atoms with E-state index in [2.05, 4.69) is 68.3 Å². The Balaban J connectivity index is 1.80. The number of rotatable bonds is 5. The van der Waals surface area contributed by atoms with Crippen LogP contribution >= 0.6 is 0 Å². The maximum absolute atomic E-state index is 12.2. The number of hydrazone groups is 1. The Morgan fingerprint density at radius 1 is 1.23 bits per heavy atom. The highest BCUT2D eigenvalue weighted by Gasteiger charge is 2.32. The molecule has 2 aromatic rings. The van der Waals surface area contributed by atoms with E-state index in [9.17, 15) is 14.9 Å². The summed E-state index contributed by atoms with van der Waals surface area (Å²) in [5, 5.41) is 14.9. The number of hydrogen-bond donors (Lipinski definition) is 1. The van der Waals surface area contributed by atoms with Gasteiger partial charge in [-0.05, 0) is 64.0 Å². The van der Waals surface area contributed by atoms with Crippen LogP contribution in [0.2, 0.25) is 0 Å². The first-order chi connectivity index (χ1) is 14.1. The number of non-ortho nitro benzene ring substituents is 1. The number of carbonyl (C=O) groups excluding carboxylic acids is 1. The summed E-state index contributed by atoms with van der Waals surface area (Å²) in [6, 6.07) is 12.0. The number of allylic oxidation sites excluding steroid dienone is 1. The van der Waals surface area contributed by atoms with Gasteiger partial charge in [0.1, 0.15) is 0 Å². The summed E-state index contributed by atoms with van der Waals surface area (Å²) in [4.78, 5) is 24.9. The Morgan fingerprint density at radius 2 is 1.97 bits per heavy atom. The van der Waals surface area contributed by atoms with Crippen LogP contribution in [0.4, 0.5) is 11.4 Å². The number of carbonyl (C=O) groups is 1. The molecule has 0 saturated carbocycles. The van der Waals surface area contributed by atoms with E-state index in [0.717, 1.165) is 11.1 Å². The third-order valence-corrected chi connectivity index (χ3v) is 5.11. The van der Waals surface area contributed by atoms with Crippen LogP contribution < -0.4 is 10.3 Å². The number of nitrogens with zero attached hydrogens (tertiary/aromatic N) is 3. The maximum atomic E-state index is 12.2. The van der Waals surface area contributed by atoms with Crippen molar-refractivity contribution in [1.82, 2.24) is 5.43 Å². The Kier molecular flexibility index (Phi) is 5.73. The summed E-state index contributed by atoms with van der Waals surface area (Å²) in [5.74, 6) is -0.503. The molecule has 3 rings (SSSR count). The molecule has 0 aromatic heterocycles. The van der Waals surface area contributed by atoms with Gasteiger partial charge in [-0.1, -0.05) is 18.2 Å². The lowest BCUT2D eigenvalue weighted by molar-refractivity contribution is -0.384. The molecule has 0 aliphatic carbocycles. The molecule has 1 heterocycles. The van der Waals surface area contributed by atoms with Crippen molar-refractivity contribution in [2.24, 2.45) is 5.10 Å². The van der Waals surface area contributed by atoms with Crippen LogP contribution in [-0.2, 0) is 0 Å². The van der Waals surface area contributed by atoms with Gasteiger partial charge in [-0.25, -0.2) is 5.43 Å². The number of benzene rings is 2. The van der Waals surface area contributed by atoms with Gasteiger partial charge in [0, 0.05) is 35.0 Å². The second-order valence-corrected chi connectivity index (χ2v) is 8.23. The Hall–Kier alpha value is -3.48. The maximum Gasteiger partial charge on any atom is 0.271 e. The van der Waals surface area contributed by atoms with Gasteiger partial charge in [-0.3, -0.25) is 14.9 Å².